The Morgan fingerprint density at radius 2 is 1.69 bits per heavy atom. The Morgan fingerprint density at radius 3 is 2.45 bits per heavy atom. The summed E-state index contributed by atoms with van der Waals surface area (Å²) in [6, 6.07) is 10.0. The summed E-state index contributed by atoms with van der Waals surface area (Å²) < 4.78 is 4.87. The summed E-state index contributed by atoms with van der Waals surface area (Å²) in [6.07, 6.45) is 6.71. The van der Waals surface area contributed by atoms with Crippen molar-refractivity contribution >= 4 is 22.8 Å². The third-order valence-corrected chi connectivity index (χ3v) is 5.80. The Bertz CT molecular complexity index is 1110. The summed E-state index contributed by atoms with van der Waals surface area (Å²) in [4.78, 5) is 32.8. The van der Waals surface area contributed by atoms with Crippen molar-refractivity contribution in [1.82, 2.24) is 18.7 Å². The summed E-state index contributed by atoms with van der Waals surface area (Å²) in [5.74, 6) is 0.732. The Kier molecular flexibility index (Phi) is 5.56. The number of imidazole rings is 1. The fraction of sp³-hybridized carbons (Fsp3) is 0.500. The van der Waals surface area contributed by atoms with Gasteiger partial charge in [-0.3, -0.25) is 13.9 Å². The first-order valence-electron chi connectivity index (χ1n) is 10.7. The van der Waals surface area contributed by atoms with Crippen LogP contribution in [-0.4, -0.2) is 25.2 Å². The maximum absolute atomic E-state index is 13.2. The van der Waals surface area contributed by atoms with Crippen molar-refractivity contribution in [3.05, 3.63) is 51.2 Å². The maximum Gasteiger partial charge on any atom is 0.332 e. The topological polar surface area (TPSA) is 65.1 Å². The molecule has 29 heavy (non-hydrogen) atoms. The lowest BCUT2D eigenvalue weighted by atomic mass is 10.1. The van der Waals surface area contributed by atoms with E-state index in [4.69, 9.17) is 0 Å². The fourth-order valence-corrected chi connectivity index (χ4v) is 4.18. The molecule has 0 amide bonds. The third kappa shape index (κ3) is 3.50. The van der Waals surface area contributed by atoms with Crippen molar-refractivity contribution in [1.29, 1.82) is 0 Å². The average Bonchev–Trinajstić information content (AvgIpc) is 3.31. The highest BCUT2D eigenvalue weighted by Crippen LogP contribution is 2.31. The van der Waals surface area contributed by atoms with Gasteiger partial charge in [0, 0.05) is 32.4 Å². The minimum absolute atomic E-state index is 0.217. The van der Waals surface area contributed by atoms with Gasteiger partial charge in [0.15, 0.2) is 11.2 Å². The van der Waals surface area contributed by atoms with Gasteiger partial charge in [-0.05, 0) is 18.6 Å². The molecular formula is C22H29N5O2. The van der Waals surface area contributed by atoms with Crippen LogP contribution in [-0.2, 0) is 20.1 Å². The molecule has 2 aromatic heterocycles. The number of rotatable bonds is 8. The number of aromatic nitrogens is 4. The number of anilines is 2. The first kappa shape index (κ1) is 19.5. The van der Waals surface area contributed by atoms with Crippen molar-refractivity contribution in [3.8, 4) is 0 Å². The molecule has 7 nitrogen and oxygen atoms in total. The number of hydrogen-bond acceptors (Lipinski definition) is 4. The Morgan fingerprint density at radius 1 is 0.966 bits per heavy atom. The normalized spacial score (nSPS) is 13.4. The van der Waals surface area contributed by atoms with Crippen LogP contribution in [0.5, 0.6) is 0 Å². The quantitative estimate of drug-likeness (QED) is 0.548. The smallest absolute Gasteiger partial charge is 0.310 e. The minimum atomic E-state index is -0.279. The van der Waals surface area contributed by atoms with Gasteiger partial charge in [0.05, 0.1) is 0 Å². The van der Waals surface area contributed by atoms with E-state index in [1.54, 1.807) is 7.05 Å². The highest BCUT2D eigenvalue weighted by Gasteiger charge is 2.28. The van der Waals surface area contributed by atoms with E-state index in [0.717, 1.165) is 37.4 Å². The van der Waals surface area contributed by atoms with E-state index in [2.05, 4.69) is 16.8 Å². The summed E-state index contributed by atoms with van der Waals surface area (Å²) >= 11 is 0. The monoisotopic (exact) mass is 395 g/mol. The Balaban J connectivity index is 1.67. The summed E-state index contributed by atoms with van der Waals surface area (Å²) in [5, 5.41) is 0. The lowest BCUT2D eigenvalue weighted by Gasteiger charge is -2.15. The van der Waals surface area contributed by atoms with Crippen LogP contribution in [0.3, 0.4) is 0 Å². The van der Waals surface area contributed by atoms with Crippen LogP contribution in [0, 0.1) is 0 Å². The first-order valence-corrected chi connectivity index (χ1v) is 10.7. The standard InChI is InChI=1S/C22H29N5O2/c1-3-4-5-6-7-11-14-27-20(28)18-19(24(2)22(27)29)23-21-25(15-16-26(18)21)17-12-9-8-10-13-17/h8-10,12-13H,3-7,11,14-16H2,1-2H3. The molecule has 0 N–H and O–H groups in total. The number of unbranched alkanes of at least 4 members (excludes halogenated alkanes) is 5. The van der Waals surface area contributed by atoms with Gasteiger partial charge in [-0.25, -0.2) is 4.79 Å². The molecular weight excluding hydrogens is 366 g/mol. The van der Waals surface area contributed by atoms with Crippen LogP contribution in [0.2, 0.25) is 0 Å². The zero-order valence-electron chi connectivity index (χ0n) is 17.3. The number of benzene rings is 1. The Hall–Kier alpha value is -2.83. The fourth-order valence-electron chi connectivity index (χ4n) is 4.18. The molecule has 0 atom stereocenters. The van der Waals surface area contributed by atoms with Crippen LogP contribution >= 0.6 is 0 Å². The molecule has 0 unspecified atom stereocenters. The molecule has 1 aromatic carbocycles. The molecule has 1 aliphatic heterocycles. The molecule has 0 fully saturated rings. The SMILES string of the molecule is CCCCCCCCn1c(=O)c2c(nc3n2CCN3c2ccccc2)n(C)c1=O. The van der Waals surface area contributed by atoms with Gasteiger partial charge in [0.25, 0.3) is 5.56 Å². The molecule has 1 aliphatic rings. The van der Waals surface area contributed by atoms with E-state index in [9.17, 15) is 9.59 Å². The van der Waals surface area contributed by atoms with Gasteiger partial charge in [0.1, 0.15) is 0 Å². The van der Waals surface area contributed by atoms with E-state index < -0.39 is 0 Å². The van der Waals surface area contributed by atoms with E-state index in [1.165, 1.54) is 28.4 Å². The molecule has 3 aromatic rings. The second-order valence-corrected chi connectivity index (χ2v) is 7.79. The van der Waals surface area contributed by atoms with E-state index in [-0.39, 0.29) is 11.2 Å². The van der Waals surface area contributed by atoms with Gasteiger partial charge in [-0.1, -0.05) is 57.2 Å². The van der Waals surface area contributed by atoms with Gasteiger partial charge in [0.2, 0.25) is 5.95 Å². The van der Waals surface area contributed by atoms with Gasteiger partial charge >= 0.3 is 5.69 Å². The van der Waals surface area contributed by atoms with Crippen LogP contribution in [0.1, 0.15) is 45.4 Å². The number of hydrogen-bond donors (Lipinski definition) is 0. The van der Waals surface area contributed by atoms with Gasteiger partial charge in [-0.15, -0.1) is 0 Å². The zero-order valence-corrected chi connectivity index (χ0v) is 17.3. The molecule has 0 saturated heterocycles. The Labute approximate surface area is 170 Å². The molecule has 3 heterocycles. The zero-order chi connectivity index (χ0) is 20.4. The average molecular weight is 396 g/mol. The van der Waals surface area contributed by atoms with E-state index in [0.29, 0.717) is 24.3 Å². The predicted molar refractivity (Wildman–Crippen MR) is 116 cm³/mol. The van der Waals surface area contributed by atoms with Crippen molar-refractivity contribution in [3.63, 3.8) is 0 Å². The van der Waals surface area contributed by atoms with Crippen molar-refractivity contribution in [2.45, 2.75) is 58.5 Å². The van der Waals surface area contributed by atoms with E-state index in [1.807, 2.05) is 34.9 Å². The molecule has 0 bridgehead atoms. The lowest BCUT2D eigenvalue weighted by molar-refractivity contribution is 0.526. The predicted octanol–water partition coefficient (Wildman–Crippen LogP) is 3.41. The summed E-state index contributed by atoms with van der Waals surface area (Å²) in [5.41, 5.74) is 1.55. The molecule has 0 spiro atoms. The lowest BCUT2D eigenvalue weighted by Crippen LogP contribution is -2.39. The van der Waals surface area contributed by atoms with Gasteiger partial charge < -0.3 is 9.47 Å². The molecule has 154 valence electrons. The van der Waals surface area contributed by atoms with Crippen molar-refractivity contribution in [2.75, 3.05) is 11.4 Å². The van der Waals surface area contributed by atoms with Crippen LogP contribution in [0.4, 0.5) is 11.6 Å². The highest BCUT2D eigenvalue weighted by atomic mass is 16.2. The van der Waals surface area contributed by atoms with Crippen molar-refractivity contribution in [2.24, 2.45) is 7.05 Å². The van der Waals surface area contributed by atoms with Crippen LogP contribution in [0.25, 0.3) is 11.2 Å². The molecule has 7 heteroatoms. The van der Waals surface area contributed by atoms with Gasteiger partial charge in [-0.2, -0.15) is 4.98 Å². The number of para-hydroxylation sites is 1. The number of fused-ring (bicyclic) bond motifs is 3. The largest absolute Gasteiger partial charge is 0.332 e. The third-order valence-electron chi connectivity index (χ3n) is 5.80. The molecule has 4 rings (SSSR count). The number of aryl methyl sites for hydroxylation is 1. The molecule has 0 aliphatic carbocycles. The molecule has 0 saturated carbocycles. The number of nitrogens with zero attached hydrogens (tertiary/aromatic N) is 5. The van der Waals surface area contributed by atoms with Crippen molar-refractivity contribution < 1.29 is 0 Å². The van der Waals surface area contributed by atoms with Crippen LogP contribution in [0.15, 0.2) is 39.9 Å². The first-order chi connectivity index (χ1) is 14.1. The maximum atomic E-state index is 13.2. The van der Waals surface area contributed by atoms with Crippen LogP contribution < -0.4 is 16.1 Å². The minimum Gasteiger partial charge on any atom is -0.310 e. The summed E-state index contributed by atoms with van der Waals surface area (Å²) in [6.45, 7) is 4.12. The summed E-state index contributed by atoms with van der Waals surface area (Å²) in [7, 11) is 1.71. The highest BCUT2D eigenvalue weighted by molar-refractivity contribution is 5.77. The second kappa shape index (κ2) is 8.27. The second-order valence-electron chi connectivity index (χ2n) is 7.79. The van der Waals surface area contributed by atoms with E-state index >= 15 is 0 Å². The molecule has 0 radical (unpaired) electrons.